The Balaban J connectivity index is 2.05. The van der Waals surface area contributed by atoms with Gasteiger partial charge in [-0.2, -0.15) is 0 Å². The first kappa shape index (κ1) is 15.2. The zero-order valence-corrected chi connectivity index (χ0v) is 12.9. The lowest BCUT2D eigenvalue weighted by Gasteiger charge is -2.33. The van der Waals surface area contributed by atoms with E-state index in [4.69, 9.17) is 0 Å². The first-order valence-corrected chi connectivity index (χ1v) is 8.49. The first-order chi connectivity index (χ1) is 9.20. The van der Waals surface area contributed by atoms with E-state index in [0.717, 1.165) is 6.42 Å². The SMILES string of the molecule is CN(C)C(=O)CN1CC[C@@H]2CN(S(C)(=O)=O)C[C@H]2C1=O. The Bertz CT molecular complexity index is 517. The van der Waals surface area contributed by atoms with Crippen molar-refractivity contribution in [3.8, 4) is 0 Å². The molecule has 2 saturated heterocycles. The Kier molecular flexibility index (Phi) is 4.06. The third-order valence-corrected chi connectivity index (χ3v) is 5.34. The molecular weight excluding hydrogens is 282 g/mol. The number of likely N-dealkylation sites (N-methyl/N-ethyl adjacent to an activating group) is 1. The average Bonchev–Trinajstić information content (AvgIpc) is 2.77. The highest BCUT2D eigenvalue weighted by molar-refractivity contribution is 7.88. The Hall–Kier alpha value is -1.15. The summed E-state index contributed by atoms with van der Waals surface area (Å²) in [5.41, 5.74) is 0. The molecule has 0 aliphatic carbocycles. The summed E-state index contributed by atoms with van der Waals surface area (Å²) >= 11 is 0. The van der Waals surface area contributed by atoms with Gasteiger partial charge in [0, 0.05) is 33.7 Å². The predicted octanol–water partition coefficient (Wildman–Crippen LogP) is -1.19. The molecule has 0 saturated carbocycles. The number of carbonyl (C=O) groups excluding carboxylic acids is 2. The van der Waals surface area contributed by atoms with Crippen molar-refractivity contribution >= 4 is 21.8 Å². The lowest BCUT2D eigenvalue weighted by atomic mass is 9.88. The zero-order valence-electron chi connectivity index (χ0n) is 12.1. The normalized spacial score (nSPS) is 27.6. The molecule has 2 rings (SSSR count). The van der Waals surface area contributed by atoms with Crippen LogP contribution in [0.1, 0.15) is 6.42 Å². The summed E-state index contributed by atoms with van der Waals surface area (Å²) < 4.78 is 24.5. The number of hydrogen-bond donors (Lipinski definition) is 0. The van der Waals surface area contributed by atoms with Crippen molar-refractivity contribution in [1.29, 1.82) is 0 Å². The molecule has 2 heterocycles. The van der Waals surface area contributed by atoms with Crippen LogP contribution in [0.3, 0.4) is 0 Å². The summed E-state index contributed by atoms with van der Waals surface area (Å²) in [4.78, 5) is 27.1. The number of likely N-dealkylation sites (tertiary alicyclic amines) is 1. The quantitative estimate of drug-likeness (QED) is 0.657. The molecule has 0 spiro atoms. The molecule has 0 radical (unpaired) electrons. The summed E-state index contributed by atoms with van der Waals surface area (Å²) in [6.07, 6.45) is 1.92. The molecule has 0 aromatic rings. The Morgan fingerprint density at radius 3 is 2.55 bits per heavy atom. The van der Waals surface area contributed by atoms with E-state index in [1.165, 1.54) is 15.5 Å². The first-order valence-electron chi connectivity index (χ1n) is 6.64. The summed E-state index contributed by atoms with van der Waals surface area (Å²) in [7, 11) is 0.0558. The van der Waals surface area contributed by atoms with Gasteiger partial charge < -0.3 is 9.80 Å². The van der Waals surface area contributed by atoms with E-state index >= 15 is 0 Å². The molecule has 0 unspecified atom stereocenters. The third kappa shape index (κ3) is 2.95. The van der Waals surface area contributed by atoms with Gasteiger partial charge in [-0.15, -0.1) is 0 Å². The second kappa shape index (κ2) is 5.33. The lowest BCUT2D eigenvalue weighted by molar-refractivity contribution is -0.145. The molecule has 8 heteroatoms. The van der Waals surface area contributed by atoms with Crippen LogP contribution >= 0.6 is 0 Å². The fraction of sp³-hybridized carbons (Fsp3) is 0.833. The van der Waals surface area contributed by atoms with Crippen LogP contribution in [0.2, 0.25) is 0 Å². The Morgan fingerprint density at radius 2 is 2.00 bits per heavy atom. The van der Waals surface area contributed by atoms with Crippen molar-refractivity contribution in [3.63, 3.8) is 0 Å². The second-order valence-corrected chi connectivity index (χ2v) is 7.77. The highest BCUT2D eigenvalue weighted by Gasteiger charge is 2.45. The maximum absolute atomic E-state index is 12.4. The summed E-state index contributed by atoms with van der Waals surface area (Å²) in [6, 6.07) is 0. The van der Waals surface area contributed by atoms with E-state index in [0.29, 0.717) is 13.1 Å². The second-order valence-electron chi connectivity index (χ2n) is 5.78. The van der Waals surface area contributed by atoms with Crippen LogP contribution in [-0.2, 0) is 19.6 Å². The molecule has 0 N–H and O–H groups in total. The van der Waals surface area contributed by atoms with Crippen LogP contribution in [0.15, 0.2) is 0 Å². The Labute approximate surface area is 119 Å². The minimum atomic E-state index is -3.25. The standard InChI is InChI=1S/C12H21N3O4S/c1-13(2)11(16)8-14-5-4-9-6-15(20(3,18)19)7-10(9)12(14)17/h9-10H,4-8H2,1-3H3/t9-,10-/m1/s1. The summed E-state index contributed by atoms with van der Waals surface area (Å²) in [5, 5.41) is 0. The van der Waals surface area contributed by atoms with Crippen molar-refractivity contribution in [3.05, 3.63) is 0 Å². The van der Waals surface area contributed by atoms with Gasteiger partial charge in [-0.1, -0.05) is 0 Å². The highest BCUT2D eigenvalue weighted by atomic mass is 32.2. The summed E-state index contributed by atoms with van der Waals surface area (Å²) in [6.45, 7) is 1.27. The van der Waals surface area contributed by atoms with Gasteiger partial charge in [0.25, 0.3) is 0 Å². The predicted molar refractivity (Wildman–Crippen MR) is 73.3 cm³/mol. The molecule has 114 valence electrons. The fourth-order valence-corrected chi connectivity index (χ4v) is 3.70. The van der Waals surface area contributed by atoms with E-state index in [1.807, 2.05) is 0 Å². The van der Waals surface area contributed by atoms with Crippen LogP contribution in [0.5, 0.6) is 0 Å². The maximum atomic E-state index is 12.4. The molecule has 20 heavy (non-hydrogen) atoms. The van der Waals surface area contributed by atoms with Crippen molar-refractivity contribution in [2.45, 2.75) is 6.42 Å². The third-order valence-electron chi connectivity index (χ3n) is 4.10. The number of hydrogen-bond acceptors (Lipinski definition) is 4. The molecule has 2 fully saturated rings. The van der Waals surface area contributed by atoms with Crippen molar-refractivity contribution in [2.24, 2.45) is 11.8 Å². The van der Waals surface area contributed by atoms with Gasteiger partial charge in [0.05, 0.1) is 18.7 Å². The largest absolute Gasteiger partial charge is 0.347 e. The fourth-order valence-electron chi connectivity index (χ4n) is 2.80. The minimum absolute atomic E-state index is 0.0773. The molecule has 0 aromatic carbocycles. The van der Waals surface area contributed by atoms with E-state index in [2.05, 4.69) is 0 Å². The van der Waals surface area contributed by atoms with Crippen molar-refractivity contribution < 1.29 is 18.0 Å². The number of amides is 2. The van der Waals surface area contributed by atoms with Crippen molar-refractivity contribution in [1.82, 2.24) is 14.1 Å². The van der Waals surface area contributed by atoms with Gasteiger partial charge in [0.1, 0.15) is 0 Å². The maximum Gasteiger partial charge on any atom is 0.241 e. The molecule has 0 bridgehead atoms. The molecule has 0 aromatic heterocycles. The smallest absolute Gasteiger partial charge is 0.241 e. The number of carbonyl (C=O) groups is 2. The lowest BCUT2D eigenvalue weighted by Crippen LogP contribution is -2.49. The highest BCUT2D eigenvalue weighted by Crippen LogP contribution is 2.33. The van der Waals surface area contributed by atoms with Crippen LogP contribution < -0.4 is 0 Å². The molecule has 7 nitrogen and oxygen atoms in total. The topological polar surface area (TPSA) is 78.0 Å². The van der Waals surface area contributed by atoms with Gasteiger partial charge in [-0.3, -0.25) is 9.59 Å². The van der Waals surface area contributed by atoms with Gasteiger partial charge in [-0.25, -0.2) is 12.7 Å². The van der Waals surface area contributed by atoms with Gasteiger partial charge in [0.2, 0.25) is 21.8 Å². The van der Waals surface area contributed by atoms with Gasteiger partial charge in [-0.05, 0) is 12.3 Å². The minimum Gasteiger partial charge on any atom is -0.347 e. The molecule has 2 amide bonds. The van der Waals surface area contributed by atoms with E-state index in [-0.39, 0.29) is 36.7 Å². The van der Waals surface area contributed by atoms with Crippen LogP contribution in [0, 0.1) is 11.8 Å². The monoisotopic (exact) mass is 303 g/mol. The van der Waals surface area contributed by atoms with Crippen molar-refractivity contribution in [2.75, 3.05) is 46.5 Å². The van der Waals surface area contributed by atoms with E-state index in [9.17, 15) is 18.0 Å². The van der Waals surface area contributed by atoms with E-state index < -0.39 is 10.0 Å². The number of fused-ring (bicyclic) bond motifs is 1. The molecule has 2 aliphatic rings. The van der Waals surface area contributed by atoms with Gasteiger partial charge >= 0.3 is 0 Å². The Morgan fingerprint density at radius 1 is 1.35 bits per heavy atom. The van der Waals surface area contributed by atoms with E-state index in [1.54, 1.807) is 19.0 Å². The number of sulfonamides is 1. The van der Waals surface area contributed by atoms with Crippen LogP contribution in [0.25, 0.3) is 0 Å². The number of rotatable bonds is 3. The molecule has 2 aliphatic heterocycles. The zero-order chi connectivity index (χ0) is 15.1. The average molecular weight is 303 g/mol. The van der Waals surface area contributed by atoms with Crippen LogP contribution in [-0.4, -0.2) is 80.9 Å². The molecule has 2 atom stereocenters. The number of nitrogens with zero attached hydrogens (tertiary/aromatic N) is 3. The van der Waals surface area contributed by atoms with Crippen LogP contribution in [0.4, 0.5) is 0 Å². The van der Waals surface area contributed by atoms with Gasteiger partial charge in [0.15, 0.2) is 0 Å². The summed E-state index contributed by atoms with van der Waals surface area (Å²) in [5.74, 6) is -0.422. The number of piperidine rings is 1. The molecular formula is C12H21N3O4S.